The topological polar surface area (TPSA) is 82.5 Å². The molecule has 1 aromatic heterocycles. The number of aromatic nitrogens is 2. The monoisotopic (exact) mass is 504 g/mol. The molecule has 0 fully saturated rings. The molecule has 0 atom stereocenters. The van der Waals surface area contributed by atoms with Crippen LogP contribution in [0.15, 0.2) is 12.1 Å². The van der Waals surface area contributed by atoms with Gasteiger partial charge in [-0.2, -0.15) is 5.10 Å². The van der Waals surface area contributed by atoms with Gasteiger partial charge in [-0.25, -0.2) is 22.4 Å². The first-order valence-electron chi connectivity index (χ1n) is 10.6. The zero-order valence-electron chi connectivity index (χ0n) is 18.7. The van der Waals surface area contributed by atoms with Gasteiger partial charge in [-0.1, -0.05) is 11.6 Å². The van der Waals surface area contributed by atoms with Crippen LogP contribution in [0, 0.1) is 11.6 Å². The van der Waals surface area contributed by atoms with Crippen LogP contribution >= 0.6 is 11.6 Å². The third-order valence-electron chi connectivity index (χ3n) is 5.41. The summed E-state index contributed by atoms with van der Waals surface area (Å²) in [6, 6.07) is 1.10. The van der Waals surface area contributed by atoms with E-state index < -0.39 is 24.1 Å². The minimum Gasteiger partial charge on any atom is -0.340 e. The van der Waals surface area contributed by atoms with E-state index in [2.05, 4.69) is 15.7 Å². The number of amides is 3. The average molecular weight is 505 g/mol. The second-order valence-electron chi connectivity index (χ2n) is 7.87. The Hall–Kier alpha value is -2.86. The Morgan fingerprint density at radius 1 is 1.21 bits per heavy atom. The fourth-order valence-corrected chi connectivity index (χ4v) is 3.87. The van der Waals surface area contributed by atoms with E-state index in [1.54, 1.807) is 16.6 Å². The lowest BCUT2D eigenvalue weighted by Gasteiger charge is -2.27. The molecule has 0 bridgehead atoms. The molecule has 34 heavy (non-hydrogen) atoms. The number of halogens is 5. The summed E-state index contributed by atoms with van der Waals surface area (Å²) in [6.45, 7) is 1.64. The second-order valence-corrected chi connectivity index (χ2v) is 8.28. The lowest BCUT2D eigenvalue weighted by atomic mass is 10.0. The summed E-state index contributed by atoms with van der Waals surface area (Å²) in [4.78, 5) is 28.4. The van der Waals surface area contributed by atoms with Gasteiger partial charge in [0.15, 0.2) is 0 Å². The molecule has 0 aliphatic carbocycles. The van der Waals surface area contributed by atoms with Crippen molar-refractivity contribution < 1.29 is 27.2 Å². The number of carbonyl (C=O) groups excluding carboxylic acids is 2. The van der Waals surface area contributed by atoms with Gasteiger partial charge in [0, 0.05) is 44.7 Å². The first-order valence-corrected chi connectivity index (χ1v) is 11.0. The average Bonchev–Trinajstić information content (AvgIpc) is 3.07. The van der Waals surface area contributed by atoms with Crippen molar-refractivity contribution in [3.05, 3.63) is 45.7 Å². The van der Waals surface area contributed by atoms with Gasteiger partial charge >= 0.3 is 6.03 Å². The Bertz CT molecular complexity index is 1060. The van der Waals surface area contributed by atoms with Gasteiger partial charge in [-0.05, 0) is 19.5 Å². The van der Waals surface area contributed by atoms with Crippen molar-refractivity contribution in [3.8, 4) is 0 Å². The number of alkyl halides is 2. The first kappa shape index (κ1) is 25.8. The molecule has 0 unspecified atom stereocenters. The molecule has 186 valence electrons. The minimum atomic E-state index is -2.21. The summed E-state index contributed by atoms with van der Waals surface area (Å²) in [5.74, 6) is -1.93. The van der Waals surface area contributed by atoms with Crippen molar-refractivity contribution in [2.24, 2.45) is 0 Å². The van der Waals surface area contributed by atoms with Crippen LogP contribution in [-0.4, -0.2) is 71.7 Å². The van der Waals surface area contributed by atoms with Crippen molar-refractivity contribution in [3.63, 3.8) is 0 Å². The number of nitrogens with zero attached hydrogens (tertiary/aromatic N) is 4. The van der Waals surface area contributed by atoms with E-state index in [0.717, 1.165) is 23.7 Å². The Kier molecular flexibility index (Phi) is 8.37. The molecule has 8 nitrogen and oxygen atoms in total. The van der Waals surface area contributed by atoms with E-state index in [9.17, 15) is 27.2 Å². The Balaban J connectivity index is 0.000000481. The Morgan fingerprint density at radius 2 is 1.94 bits per heavy atom. The van der Waals surface area contributed by atoms with Crippen molar-refractivity contribution in [2.45, 2.75) is 32.4 Å². The van der Waals surface area contributed by atoms with Gasteiger partial charge in [0.05, 0.1) is 29.5 Å². The second kappa shape index (κ2) is 11.0. The number of hydrogen-bond donors (Lipinski definition) is 2. The maximum atomic E-state index is 13.9. The zero-order valence-corrected chi connectivity index (χ0v) is 19.4. The van der Waals surface area contributed by atoms with Crippen molar-refractivity contribution >= 4 is 29.2 Å². The summed E-state index contributed by atoms with van der Waals surface area (Å²) in [7, 11) is 3.23. The zero-order chi connectivity index (χ0) is 25.0. The molecule has 3 heterocycles. The van der Waals surface area contributed by atoms with E-state index >= 15 is 0 Å². The van der Waals surface area contributed by atoms with E-state index in [0.29, 0.717) is 37.8 Å². The van der Waals surface area contributed by atoms with Crippen LogP contribution in [-0.2, 0) is 19.5 Å². The summed E-state index contributed by atoms with van der Waals surface area (Å²) >= 11 is 5.67. The quantitative estimate of drug-likeness (QED) is 0.496. The highest BCUT2D eigenvalue weighted by molar-refractivity contribution is 6.31. The number of urea groups is 1. The standard InChI is InChI=1S/C18H18ClF2N5O2.C3H7F2N/c1-24-4-2-5-26-16(17(24)27)10-9-25(6-3-14(10)23-26)18(28)22-15-7-11(19)12(20)8-13(15)21;1-6-2-3(4)5/h7-8H,2-6,9H2,1H3,(H,22,28);3,6H,2H2,1H3. The molecule has 0 saturated carbocycles. The van der Waals surface area contributed by atoms with Crippen LogP contribution in [0.3, 0.4) is 0 Å². The van der Waals surface area contributed by atoms with Crippen LogP contribution in [0.5, 0.6) is 0 Å². The Morgan fingerprint density at radius 3 is 2.59 bits per heavy atom. The normalized spacial score (nSPS) is 15.4. The smallest absolute Gasteiger partial charge is 0.322 e. The summed E-state index contributed by atoms with van der Waals surface area (Å²) in [5.41, 5.74) is 1.83. The predicted octanol–water partition coefficient (Wildman–Crippen LogP) is 3.35. The number of benzene rings is 1. The molecule has 0 spiro atoms. The van der Waals surface area contributed by atoms with Crippen LogP contribution < -0.4 is 10.6 Å². The summed E-state index contributed by atoms with van der Waals surface area (Å²) in [5, 5.41) is 9.00. The fourth-order valence-electron chi connectivity index (χ4n) is 3.71. The van der Waals surface area contributed by atoms with Crippen molar-refractivity contribution in [2.75, 3.05) is 39.0 Å². The lowest BCUT2D eigenvalue weighted by molar-refractivity contribution is 0.0793. The maximum absolute atomic E-state index is 13.9. The first-order chi connectivity index (χ1) is 16.1. The Labute approximate surface area is 198 Å². The van der Waals surface area contributed by atoms with Gasteiger partial charge in [-0.3, -0.25) is 9.48 Å². The molecular weight excluding hydrogens is 480 g/mol. The van der Waals surface area contributed by atoms with Crippen LogP contribution in [0.2, 0.25) is 5.02 Å². The van der Waals surface area contributed by atoms with Gasteiger partial charge < -0.3 is 20.4 Å². The molecule has 2 aliphatic rings. The number of rotatable bonds is 3. The van der Waals surface area contributed by atoms with Crippen LogP contribution in [0.25, 0.3) is 0 Å². The van der Waals surface area contributed by atoms with Gasteiger partial charge in [0.1, 0.15) is 17.3 Å². The van der Waals surface area contributed by atoms with Crippen molar-refractivity contribution in [1.29, 1.82) is 0 Å². The molecule has 2 aliphatic heterocycles. The van der Waals surface area contributed by atoms with E-state index in [1.807, 2.05) is 0 Å². The van der Waals surface area contributed by atoms with Gasteiger partial charge in [0.25, 0.3) is 12.3 Å². The number of hydrogen-bond acceptors (Lipinski definition) is 4. The largest absolute Gasteiger partial charge is 0.340 e. The SMILES string of the molecule is CN1CCCn2nc3c(c2C1=O)CN(C(=O)Nc1cc(Cl)c(F)cc1F)CC3.CNCC(F)F. The number of anilines is 1. The molecule has 13 heteroatoms. The van der Waals surface area contributed by atoms with E-state index in [-0.39, 0.29) is 29.7 Å². The highest BCUT2D eigenvalue weighted by atomic mass is 35.5. The highest BCUT2D eigenvalue weighted by Gasteiger charge is 2.32. The minimum absolute atomic E-state index is 0.120. The number of carbonyl (C=O) groups is 2. The molecular formula is C21H25ClF4N6O2. The molecule has 0 saturated heterocycles. The van der Waals surface area contributed by atoms with Gasteiger partial charge in [-0.15, -0.1) is 0 Å². The number of aryl methyl sites for hydroxylation is 1. The molecule has 3 amide bonds. The lowest BCUT2D eigenvalue weighted by Crippen LogP contribution is -2.39. The van der Waals surface area contributed by atoms with Crippen LogP contribution in [0.4, 0.5) is 28.0 Å². The highest BCUT2D eigenvalue weighted by Crippen LogP contribution is 2.27. The van der Waals surface area contributed by atoms with Crippen molar-refractivity contribution in [1.82, 2.24) is 24.9 Å². The number of nitrogens with one attached hydrogen (secondary N) is 2. The van der Waals surface area contributed by atoms with Crippen LogP contribution in [0.1, 0.15) is 28.2 Å². The summed E-state index contributed by atoms with van der Waals surface area (Å²) in [6.07, 6.45) is -0.910. The third-order valence-corrected chi connectivity index (χ3v) is 5.70. The fraction of sp³-hybridized carbons (Fsp3) is 0.476. The summed E-state index contributed by atoms with van der Waals surface area (Å²) < 4.78 is 50.9. The molecule has 0 radical (unpaired) electrons. The molecule has 1 aromatic carbocycles. The molecule has 2 aromatic rings. The third kappa shape index (κ3) is 5.79. The maximum Gasteiger partial charge on any atom is 0.322 e. The van der Waals surface area contributed by atoms with E-state index in [1.165, 1.54) is 11.9 Å². The molecule has 2 N–H and O–H groups in total. The molecule has 4 rings (SSSR count). The van der Waals surface area contributed by atoms with E-state index in [4.69, 9.17) is 11.6 Å². The van der Waals surface area contributed by atoms with Gasteiger partial charge in [0.2, 0.25) is 0 Å². The number of fused-ring (bicyclic) bond motifs is 3. The predicted molar refractivity (Wildman–Crippen MR) is 118 cm³/mol.